The van der Waals surface area contributed by atoms with E-state index >= 15 is 0 Å². The lowest BCUT2D eigenvalue weighted by atomic mass is 10.2. The second-order valence-corrected chi connectivity index (χ2v) is 8.05. The van der Waals surface area contributed by atoms with Gasteiger partial charge in [-0.15, -0.1) is 0 Å². The Balaban J connectivity index is 1.38. The van der Waals surface area contributed by atoms with E-state index in [2.05, 4.69) is 17.0 Å². The highest BCUT2D eigenvalue weighted by Crippen LogP contribution is 2.26. The molecular formula is C26H26N4O3. The summed E-state index contributed by atoms with van der Waals surface area (Å²) < 4.78 is 12.7. The summed E-state index contributed by atoms with van der Waals surface area (Å²) in [5.41, 5.74) is 3.15. The lowest BCUT2D eigenvalue weighted by molar-refractivity contribution is 0.0737. The van der Waals surface area contributed by atoms with Crippen LogP contribution in [0.5, 0.6) is 5.75 Å². The molecule has 1 aliphatic rings. The highest BCUT2D eigenvalue weighted by Gasteiger charge is 2.27. The summed E-state index contributed by atoms with van der Waals surface area (Å²) in [7, 11) is 1.66. The largest absolute Gasteiger partial charge is 0.497 e. The predicted molar refractivity (Wildman–Crippen MR) is 127 cm³/mol. The molecular weight excluding hydrogens is 416 g/mol. The van der Waals surface area contributed by atoms with Crippen molar-refractivity contribution in [3.63, 3.8) is 0 Å². The Morgan fingerprint density at radius 2 is 1.64 bits per heavy atom. The lowest BCUT2D eigenvalue weighted by Crippen LogP contribution is -2.49. The third kappa shape index (κ3) is 4.22. The summed E-state index contributed by atoms with van der Waals surface area (Å²) in [6, 6.07) is 23.4. The molecule has 0 unspecified atom stereocenters. The monoisotopic (exact) mass is 442 g/mol. The number of rotatable bonds is 5. The fourth-order valence-corrected chi connectivity index (χ4v) is 4.11. The van der Waals surface area contributed by atoms with Gasteiger partial charge in [-0.1, -0.05) is 18.2 Å². The number of aryl methyl sites for hydroxylation is 1. The van der Waals surface area contributed by atoms with E-state index in [9.17, 15) is 4.79 Å². The van der Waals surface area contributed by atoms with E-state index in [0.29, 0.717) is 30.2 Å². The minimum Gasteiger partial charge on any atom is -0.497 e. The SMILES string of the molecule is COc1ccc(N2CCN(C(=O)c3cc(-c4ccc(C)o4)nn3-c3ccccc3)CC2)cc1. The van der Waals surface area contributed by atoms with Gasteiger partial charge in [-0.3, -0.25) is 4.79 Å². The van der Waals surface area contributed by atoms with Crippen LogP contribution in [0.1, 0.15) is 16.2 Å². The van der Waals surface area contributed by atoms with E-state index in [-0.39, 0.29) is 5.91 Å². The molecule has 2 aromatic carbocycles. The molecule has 7 heteroatoms. The molecule has 168 valence electrons. The van der Waals surface area contributed by atoms with Crippen LogP contribution in [0.25, 0.3) is 17.1 Å². The van der Waals surface area contributed by atoms with Crippen molar-refractivity contribution in [1.29, 1.82) is 0 Å². The standard InChI is InChI=1S/C26H26N4O3/c1-19-8-13-25(33-19)23-18-24(30(27-23)21-6-4-3-5-7-21)26(31)29-16-14-28(15-17-29)20-9-11-22(32-2)12-10-20/h3-13,18H,14-17H2,1-2H3. The van der Waals surface area contributed by atoms with Crippen molar-refractivity contribution in [3.05, 3.63) is 84.3 Å². The predicted octanol–water partition coefficient (Wildman–Crippen LogP) is 4.41. The van der Waals surface area contributed by atoms with E-state index in [1.807, 2.05) is 72.5 Å². The van der Waals surface area contributed by atoms with Crippen LogP contribution in [-0.2, 0) is 0 Å². The summed E-state index contributed by atoms with van der Waals surface area (Å²) >= 11 is 0. The highest BCUT2D eigenvalue weighted by atomic mass is 16.5. The van der Waals surface area contributed by atoms with Crippen molar-refractivity contribution >= 4 is 11.6 Å². The van der Waals surface area contributed by atoms with Crippen molar-refractivity contribution in [1.82, 2.24) is 14.7 Å². The van der Waals surface area contributed by atoms with Crippen LogP contribution >= 0.6 is 0 Å². The lowest BCUT2D eigenvalue weighted by Gasteiger charge is -2.36. The zero-order valence-electron chi connectivity index (χ0n) is 18.8. The first-order valence-corrected chi connectivity index (χ1v) is 11.0. The number of methoxy groups -OCH3 is 1. The Hall–Kier alpha value is -4.00. The van der Waals surface area contributed by atoms with Crippen molar-refractivity contribution in [3.8, 4) is 22.9 Å². The number of hydrogen-bond donors (Lipinski definition) is 0. The molecule has 33 heavy (non-hydrogen) atoms. The van der Waals surface area contributed by atoms with Crippen molar-refractivity contribution in [2.45, 2.75) is 6.92 Å². The maximum absolute atomic E-state index is 13.6. The minimum absolute atomic E-state index is 0.0322. The van der Waals surface area contributed by atoms with Crippen molar-refractivity contribution in [2.24, 2.45) is 0 Å². The average molecular weight is 443 g/mol. The van der Waals surface area contributed by atoms with E-state index in [0.717, 1.165) is 36.0 Å². The van der Waals surface area contributed by atoms with Gasteiger partial charge in [0.15, 0.2) is 5.76 Å². The van der Waals surface area contributed by atoms with Crippen LogP contribution in [0.4, 0.5) is 5.69 Å². The first-order valence-electron chi connectivity index (χ1n) is 11.0. The van der Waals surface area contributed by atoms with Gasteiger partial charge < -0.3 is 19.0 Å². The summed E-state index contributed by atoms with van der Waals surface area (Å²) in [4.78, 5) is 17.8. The van der Waals surface area contributed by atoms with Gasteiger partial charge >= 0.3 is 0 Å². The molecule has 2 aromatic heterocycles. The topological polar surface area (TPSA) is 63.7 Å². The fraction of sp³-hybridized carbons (Fsp3) is 0.231. The minimum atomic E-state index is -0.0322. The first kappa shape index (κ1) is 20.9. The zero-order valence-corrected chi connectivity index (χ0v) is 18.8. The summed E-state index contributed by atoms with van der Waals surface area (Å²) in [5, 5.41) is 4.71. The van der Waals surface area contributed by atoms with Crippen LogP contribution in [0.3, 0.4) is 0 Å². The number of hydrogen-bond acceptors (Lipinski definition) is 5. The van der Waals surface area contributed by atoms with Gasteiger partial charge in [0.2, 0.25) is 0 Å². The number of carbonyl (C=O) groups excluding carboxylic acids is 1. The molecule has 1 amide bonds. The Bertz CT molecular complexity index is 1240. The summed E-state index contributed by atoms with van der Waals surface area (Å²) in [6.45, 7) is 4.70. The number of amides is 1. The number of para-hydroxylation sites is 1. The van der Waals surface area contributed by atoms with Crippen molar-refractivity contribution in [2.75, 3.05) is 38.2 Å². The molecule has 0 spiro atoms. The third-order valence-corrected chi connectivity index (χ3v) is 5.93. The Morgan fingerprint density at radius 1 is 0.909 bits per heavy atom. The number of anilines is 1. The molecule has 4 aromatic rings. The molecule has 1 aliphatic heterocycles. The molecule has 0 saturated carbocycles. The van der Waals surface area contributed by atoms with Crippen LogP contribution in [0.2, 0.25) is 0 Å². The Kier molecular flexibility index (Phi) is 5.60. The number of nitrogens with zero attached hydrogens (tertiary/aromatic N) is 4. The number of furan rings is 1. The second kappa shape index (κ2) is 8.86. The number of carbonyl (C=O) groups is 1. The number of benzene rings is 2. The number of aromatic nitrogens is 2. The molecule has 0 aliphatic carbocycles. The molecule has 3 heterocycles. The number of piperazine rings is 1. The zero-order chi connectivity index (χ0) is 22.8. The molecule has 0 radical (unpaired) electrons. The Morgan fingerprint density at radius 3 is 2.27 bits per heavy atom. The summed E-state index contributed by atoms with van der Waals surface area (Å²) in [5.74, 6) is 2.27. The van der Waals surface area contributed by atoms with Gasteiger partial charge in [-0.2, -0.15) is 5.10 Å². The second-order valence-electron chi connectivity index (χ2n) is 8.05. The van der Waals surface area contributed by atoms with Crippen molar-refractivity contribution < 1.29 is 13.9 Å². The molecule has 0 bridgehead atoms. The molecule has 5 rings (SSSR count). The van der Waals surface area contributed by atoms with E-state index in [1.54, 1.807) is 11.8 Å². The van der Waals surface area contributed by atoms with Gasteiger partial charge in [0.1, 0.15) is 22.9 Å². The highest BCUT2D eigenvalue weighted by molar-refractivity contribution is 5.94. The fourth-order valence-electron chi connectivity index (χ4n) is 4.11. The van der Waals surface area contributed by atoms with Gasteiger partial charge in [0, 0.05) is 37.9 Å². The van der Waals surface area contributed by atoms with Crippen LogP contribution in [0.15, 0.2) is 77.2 Å². The van der Waals surface area contributed by atoms with Crippen LogP contribution in [-0.4, -0.2) is 53.9 Å². The molecule has 1 saturated heterocycles. The maximum Gasteiger partial charge on any atom is 0.272 e. The third-order valence-electron chi connectivity index (χ3n) is 5.93. The normalized spacial score (nSPS) is 13.9. The maximum atomic E-state index is 13.6. The quantitative estimate of drug-likeness (QED) is 0.458. The van der Waals surface area contributed by atoms with Gasteiger partial charge in [0.05, 0.1) is 12.8 Å². The van der Waals surface area contributed by atoms with Crippen LogP contribution in [0, 0.1) is 6.92 Å². The first-order chi connectivity index (χ1) is 16.1. The number of ether oxygens (including phenoxy) is 1. The molecule has 0 N–H and O–H groups in total. The molecule has 1 fully saturated rings. The smallest absolute Gasteiger partial charge is 0.272 e. The van der Waals surface area contributed by atoms with Crippen LogP contribution < -0.4 is 9.64 Å². The van der Waals surface area contributed by atoms with Gasteiger partial charge in [0.25, 0.3) is 5.91 Å². The van der Waals surface area contributed by atoms with E-state index in [4.69, 9.17) is 14.3 Å². The average Bonchev–Trinajstić information content (AvgIpc) is 3.51. The van der Waals surface area contributed by atoms with E-state index < -0.39 is 0 Å². The molecule has 7 nitrogen and oxygen atoms in total. The van der Waals surface area contributed by atoms with Gasteiger partial charge in [-0.05, 0) is 55.5 Å². The van der Waals surface area contributed by atoms with E-state index in [1.165, 1.54) is 0 Å². The summed E-state index contributed by atoms with van der Waals surface area (Å²) in [6.07, 6.45) is 0. The van der Waals surface area contributed by atoms with Gasteiger partial charge in [-0.25, -0.2) is 4.68 Å². The Labute approximate surface area is 192 Å². The molecule has 0 atom stereocenters.